The molecule has 3 rings (SSSR count). The lowest BCUT2D eigenvalue weighted by molar-refractivity contribution is -0.146. The minimum absolute atomic E-state index is 0.338. The molecule has 7 heteroatoms. The number of carbonyl (C=O) groups is 3. The summed E-state index contributed by atoms with van der Waals surface area (Å²) >= 11 is 0. The number of urea groups is 1. The van der Waals surface area contributed by atoms with Crippen LogP contribution in [0.2, 0.25) is 0 Å². The SMILES string of the molecule is O=C(COC(=O)CNC(=O)NCc1ccccc1)Nc1ccccc1-c1ccccc1. The van der Waals surface area contributed by atoms with Crippen LogP contribution in [0.5, 0.6) is 0 Å². The fourth-order valence-corrected chi connectivity index (χ4v) is 2.84. The van der Waals surface area contributed by atoms with E-state index < -0.39 is 24.5 Å². The van der Waals surface area contributed by atoms with Gasteiger partial charge in [-0.2, -0.15) is 0 Å². The summed E-state index contributed by atoms with van der Waals surface area (Å²) in [6, 6.07) is 25.9. The monoisotopic (exact) mass is 417 g/mol. The number of ether oxygens (including phenoxy) is 1. The third kappa shape index (κ3) is 7.01. The van der Waals surface area contributed by atoms with Crippen molar-refractivity contribution in [1.82, 2.24) is 10.6 Å². The highest BCUT2D eigenvalue weighted by Gasteiger charge is 2.12. The van der Waals surface area contributed by atoms with Crippen molar-refractivity contribution in [2.45, 2.75) is 6.54 Å². The summed E-state index contributed by atoms with van der Waals surface area (Å²) in [6.45, 7) is -0.450. The first-order valence-electron chi connectivity index (χ1n) is 9.77. The number of benzene rings is 3. The molecule has 0 aliphatic rings. The molecule has 3 aromatic carbocycles. The maximum absolute atomic E-state index is 12.2. The largest absolute Gasteiger partial charge is 0.454 e. The van der Waals surface area contributed by atoms with Gasteiger partial charge in [-0.25, -0.2) is 4.79 Å². The molecule has 0 atom stereocenters. The van der Waals surface area contributed by atoms with Gasteiger partial charge in [0, 0.05) is 17.8 Å². The molecule has 0 aliphatic heterocycles. The summed E-state index contributed by atoms with van der Waals surface area (Å²) in [5.74, 6) is -1.17. The normalized spacial score (nSPS) is 10.1. The van der Waals surface area contributed by atoms with Gasteiger partial charge in [-0.15, -0.1) is 0 Å². The zero-order valence-corrected chi connectivity index (χ0v) is 16.8. The molecule has 0 aliphatic carbocycles. The molecule has 0 fully saturated rings. The van der Waals surface area contributed by atoms with E-state index in [1.165, 1.54) is 0 Å². The number of rotatable bonds is 8. The summed E-state index contributed by atoms with van der Waals surface area (Å²) in [6.07, 6.45) is 0. The summed E-state index contributed by atoms with van der Waals surface area (Å²) in [5.41, 5.74) is 3.38. The number of carbonyl (C=O) groups excluding carboxylic acids is 3. The summed E-state index contributed by atoms with van der Waals surface area (Å²) in [5, 5.41) is 7.79. The molecule has 158 valence electrons. The number of hydrogen-bond acceptors (Lipinski definition) is 4. The van der Waals surface area contributed by atoms with Gasteiger partial charge < -0.3 is 20.7 Å². The molecule has 0 aromatic heterocycles. The Balaban J connectivity index is 1.41. The van der Waals surface area contributed by atoms with Crippen molar-refractivity contribution in [3.63, 3.8) is 0 Å². The first kappa shape index (κ1) is 21.6. The molecule has 0 bridgehead atoms. The van der Waals surface area contributed by atoms with Crippen molar-refractivity contribution in [1.29, 1.82) is 0 Å². The Kier molecular flexibility index (Phi) is 7.77. The van der Waals surface area contributed by atoms with E-state index in [9.17, 15) is 14.4 Å². The van der Waals surface area contributed by atoms with Crippen LogP contribution in [0.25, 0.3) is 11.1 Å². The molecule has 7 nitrogen and oxygen atoms in total. The van der Waals surface area contributed by atoms with Crippen molar-refractivity contribution in [2.75, 3.05) is 18.5 Å². The van der Waals surface area contributed by atoms with E-state index in [4.69, 9.17) is 4.74 Å². The van der Waals surface area contributed by atoms with Crippen LogP contribution in [0.1, 0.15) is 5.56 Å². The van der Waals surface area contributed by atoms with Gasteiger partial charge in [0.05, 0.1) is 0 Å². The Morgan fingerprint density at radius 2 is 1.39 bits per heavy atom. The Labute approximate surface area is 180 Å². The third-order valence-corrected chi connectivity index (χ3v) is 4.34. The standard InChI is InChI=1S/C24H23N3O4/c28-22(27-21-14-8-7-13-20(21)19-11-5-2-6-12-19)17-31-23(29)16-26-24(30)25-15-18-9-3-1-4-10-18/h1-14H,15-17H2,(H,27,28)(H2,25,26,30). The van der Waals surface area contributed by atoms with Crippen molar-refractivity contribution in [3.8, 4) is 11.1 Å². The zero-order chi connectivity index (χ0) is 21.9. The summed E-state index contributed by atoms with van der Waals surface area (Å²) in [4.78, 5) is 35.8. The predicted octanol–water partition coefficient (Wildman–Crippen LogP) is 3.33. The Bertz CT molecular complexity index is 1020. The van der Waals surface area contributed by atoms with E-state index in [2.05, 4.69) is 16.0 Å². The lowest BCUT2D eigenvalue weighted by Crippen LogP contribution is -2.39. The van der Waals surface area contributed by atoms with Gasteiger partial charge in [-0.05, 0) is 17.2 Å². The zero-order valence-electron chi connectivity index (χ0n) is 16.8. The topological polar surface area (TPSA) is 96.5 Å². The van der Waals surface area contributed by atoms with Crippen LogP contribution in [-0.4, -0.2) is 31.1 Å². The minimum atomic E-state index is -0.707. The molecule has 0 spiro atoms. The number of hydrogen-bond donors (Lipinski definition) is 3. The number of anilines is 1. The number of amides is 3. The Hall–Kier alpha value is -4.13. The first-order chi connectivity index (χ1) is 15.1. The third-order valence-electron chi connectivity index (χ3n) is 4.34. The van der Waals surface area contributed by atoms with E-state index in [1.807, 2.05) is 78.9 Å². The average Bonchev–Trinajstić information content (AvgIpc) is 2.81. The van der Waals surface area contributed by atoms with Crippen LogP contribution >= 0.6 is 0 Å². The molecule has 3 aromatic rings. The average molecular weight is 417 g/mol. The highest BCUT2D eigenvalue weighted by Crippen LogP contribution is 2.27. The van der Waals surface area contributed by atoms with Crippen molar-refractivity contribution < 1.29 is 19.1 Å². The smallest absolute Gasteiger partial charge is 0.325 e. The Morgan fingerprint density at radius 1 is 0.742 bits per heavy atom. The molecule has 0 heterocycles. The fourth-order valence-electron chi connectivity index (χ4n) is 2.84. The highest BCUT2D eigenvalue weighted by molar-refractivity contribution is 5.97. The second-order valence-electron chi connectivity index (χ2n) is 6.64. The van der Waals surface area contributed by atoms with E-state index >= 15 is 0 Å². The summed E-state index contributed by atoms with van der Waals surface area (Å²) < 4.78 is 4.94. The maximum atomic E-state index is 12.2. The van der Waals surface area contributed by atoms with Gasteiger partial charge in [0.2, 0.25) is 0 Å². The Morgan fingerprint density at radius 3 is 2.13 bits per heavy atom. The molecule has 0 saturated carbocycles. The van der Waals surface area contributed by atoms with E-state index in [0.717, 1.165) is 16.7 Å². The van der Waals surface area contributed by atoms with Crippen molar-refractivity contribution in [3.05, 3.63) is 90.5 Å². The second kappa shape index (κ2) is 11.2. The lowest BCUT2D eigenvalue weighted by atomic mass is 10.0. The van der Waals surface area contributed by atoms with Gasteiger partial charge >= 0.3 is 12.0 Å². The van der Waals surface area contributed by atoms with E-state index in [0.29, 0.717) is 12.2 Å². The summed E-state index contributed by atoms with van der Waals surface area (Å²) in [7, 11) is 0. The molecule has 31 heavy (non-hydrogen) atoms. The number of para-hydroxylation sites is 1. The molecule has 0 saturated heterocycles. The molecular formula is C24H23N3O4. The predicted molar refractivity (Wildman–Crippen MR) is 118 cm³/mol. The lowest BCUT2D eigenvalue weighted by Gasteiger charge is -2.12. The van der Waals surface area contributed by atoms with Gasteiger partial charge in [0.15, 0.2) is 6.61 Å². The fraction of sp³-hybridized carbons (Fsp3) is 0.125. The number of esters is 1. The van der Waals surface area contributed by atoms with Gasteiger partial charge in [0.1, 0.15) is 6.54 Å². The number of nitrogens with one attached hydrogen (secondary N) is 3. The maximum Gasteiger partial charge on any atom is 0.325 e. The van der Waals surface area contributed by atoms with Crippen LogP contribution in [-0.2, 0) is 20.9 Å². The van der Waals surface area contributed by atoms with E-state index in [1.54, 1.807) is 6.07 Å². The molecule has 0 unspecified atom stereocenters. The highest BCUT2D eigenvalue weighted by atomic mass is 16.5. The second-order valence-corrected chi connectivity index (χ2v) is 6.64. The van der Waals surface area contributed by atoms with Crippen LogP contribution in [0.3, 0.4) is 0 Å². The van der Waals surface area contributed by atoms with Crippen LogP contribution < -0.4 is 16.0 Å². The van der Waals surface area contributed by atoms with Crippen LogP contribution in [0.4, 0.5) is 10.5 Å². The minimum Gasteiger partial charge on any atom is -0.454 e. The van der Waals surface area contributed by atoms with Gasteiger partial charge in [0.25, 0.3) is 5.91 Å². The van der Waals surface area contributed by atoms with Crippen LogP contribution in [0, 0.1) is 0 Å². The van der Waals surface area contributed by atoms with E-state index in [-0.39, 0.29) is 6.54 Å². The quantitative estimate of drug-likeness (QED) is 0.490. The molecular weight excluding hydrogens is 394 g/mol. The van der Waals surface area contributed by atoms with Crippen LogP contribution in [0.15, 0.2) is 84.9 Å². The van der Waals surface area contributed by atoms with Gasteiger partial charge in [-0.3, -0.25) is 9.59 Å². The molecule has 0 radical (unpaired) electrons. The first-order valence-corrected chi connectivity index (χ1v) is 9.77. The molecule has 3 amide bonds. The van der Waals surface area contributed by atoms with Gasteiger partial charge in [-0.1, -0.05) is 78.9 Å². The van der Waals surface area contributed by atoms with Crippen molar-refractivity contribution >= 4 is 23.6 Å². The van der Waals surface area contributed by atoms with Crippen molar-refractivity contribution in [2.24, 2.45) is 0 Å². The molecule has 3 N–H and O–H groups in total.